The molecule has 0 radical (unpaired) electrons. The molecule has 8 nitrogen and oxygen atoms in total. The Labute approximate surface area is 196 Å². The molecule has 1 aliphatic rings. The van der Waals surface area contributed by atoms with E-state index in [0.717, 1.165) is 11.8 Å². The maximum atomic E-state index is 12.6. The van der Waals surface area contributed by atoms with Crippen molar-refractivity contribution in [1.29, 1.82) is 0 Å². The van der Waals surface area contributed by atoms with Crippen LogP contribution in [0.15, 0.2) is 57.6 Å². The van der Waals surface area contributed by atoms with Crippen molar-refractivity contribution in [3.8, 4) is 23.0 Å². The minimum absolute atomic E-state index is 0.0146. The van der Waals surface area contributed by atoms with Crippen LogP contribution in [0.3, 0.4) is 0 Å². The third-order valence-electron chi connectivity index (χ3n) is 4.55. The number of ether oxygens (including phenoxy) is 4. The van der Waals surface area contributed by atoms with Crippen LogP contribution in [0.4, 0.5) is 5.69 Å². The van der Waals surface area contributed by atoms with Crippen molar-refractivity contribution in [2.45, 2.75) is 13.8 Å². The summed E-state index contributed by atoms with van der Waals surface area (Å²) < 4.78 is 21.1. The van der Waals surface area contributed by atoms with Crippen LogP contribution < -0.4 is 14.2 Å². The zero-order chi connectivity index (χ0) is 24.0. The summed E-state index contributed by atoms with van der Waals surface area (Å²) in [7, 11) is 3.05. The minimum Gasteiger partial charge on any atom is -0.506 e. The molecular weight excluding hydrogens is 446 g/mol. The number of methoxy groups -OCH3 is 2. The van der Waals surface area contributed by atoms with Gasteiger partial charge in [0.1, 0.15) is 16.4 Å². The van der Waals surface area contributed by atoms with Gasteiger partial charge in [0.25, 0.3) is 0 Å². The van der Waals surface area contributed by atoms with E-state index in [1.54, 1.807) is 43.3 Å². The van der Waals surface area contributed by atoms with Crippen molar-refractivity contribution in [1.82, 2.24) is 0 Å². The van der Waals surface area contributed by atoms with Gasteiger partial charge in [-0.25, -0.2) is 9.79 Å². The minimum atomic E-state index is -0.675. The van der Waals surface area contributed by atoms with Crippen LogP contribution in [0, 0.1) is 0 Å². The maximum Gasteiger partial charge on any atom is 0.344 e. The van der Waals surface area contributed by atoms with Crippen LogP contribution in [0.25, 0.3) is 6.08 Å². The lowest BCUT2D eigenvalue weighted by atomic mass is 10.1. The number of carbonyl (C=O) groups excluding carboxylic acids is 1. The molecule has 174 valence electrons. The Morgan fingerprint density at radius 3 is 2.42 bits per heavy atom. The average Bonchev–Trinajstić information content (AvgIpc) is 3.10. The Bertz CT molecular complexity index is 1140. The molecule has 0 unspecified atom stereocenters. The normalized spacial score (nSPS) is 15.8. The van der Waals surface area contributed by atoms with E-state index < -0.39 is 5.97 Å². The molecule has 1 heterocycles. The van der Waals surface area contributed by atoms with Crippen molar-refractivity contribution in [2.24, 2.45) is 4.99 Å². The van der Waals surface area contributed by atoms with Crippen molar-refractivity contribution in [2.75, 3.05) is 27.4 Å². The lowest BCUT2D eigenvalue weighted by molar-refractivity contribution is -0.138. The number of aromatic hydroxyl groups is 1. The number of carbonyl (C=O) groups is 1. The smallest absolute Gasteiger partial charge is 0.344 e. The zero-order valence-electron chi connectivity index (χ0n) is 18.7. The molecule has 2 aromatic rings. The van der Waals surface area contributed by atoms with E-state index in [-0.39, 0.29) is 28.7 Å². The van der Waals surface area contributed by atoms with Gasteiger partial charge in [0, 0.05) is 6.07 Å². The van der Waals surface area contributed by atoms with Gasteiger partial charge < -0.3 is 29.2 Å². The highest BCUT2D eigenvalue weighted by atomic mass is 32.2. The maximum absolute atomic E-state index is 12.6. The second-order valence-corrected chi connectivity index (χ2v) is 7.70. The molecule has 33 heavy (non-hydrogen) atoms. The van der Waals surface area contributed by atoms with Crippen LogP contribution >= 0.6 is 11.8 Å². The van der Waals surface area contributed by atoms with Gasteiger partial charge in [0.15, 0.2) is 23.0 Å². The molecule has 0 spiro atoms. The van der Waals surface area contributed by atoms with Crippen molar-refractivity contribution >= 4 is 34.5 Å². The molecule has 0 atom stereocenters. The summed E-state index contributed by atoms with van der Waals surface area (Å²) in [6.45, 7) is 4.04. The number of nitrogens with zero attached hydrogens (tertiary/aromatic N) is 1. The molecule has 0 aromatic heterocycles. The molecular formula is C24H25NO7S. The SMILES string of the molecule is CCOC(=O)C1=C(O)/C(=C\c2ccc(O)c(OCC)c2)SC1=Nc1ccc(OC)c(OC)c1. The zero-order valence-corrected chi connectivity index (χ0v) is 19.6. The summed E-state index contributed by atoms with van der Waals surface area (Å²) in [6.07, 6.45) is 1.68. The molecule has 0 fully saturated rings. The first-order valence-electron chi connectivity index (χ1n) is 10.2. The van der Waals surface area contributed by atoms with Crippen LogP contribution in [0.2, 0.25) is 0 Å². The first-order chi connectivity index (χ1) is 15.9. The fourth-order valence-corrected chi connectivity index (χ4v) is 4.08. The van der Waals surface area contributed by atoms with Gasteiger partial charge in [0.2, 0.25) is 0 Å². The number of esters is 1. The van der Waals surface area contributed by atoms with Crippen LogP contribution in [0.5, 0.6) is 23.0 Å². The Balaban J connectivity index is 2.04. The highest BCUT2D eigenvalue weighted by Crippen LogP contribution is 2.41. The predicted molar refractivity (Wildman–Crippen MR) is 128 cm³/mol. The number of aliphatic hydroxyl groups excluding tert-OH is 1. The number of rotatable bonds is 8. The van der Waals surface area contributed by atoms with Crippen LogP contribution in [0.1, 0.15) is 19.4 Å². The number of benzene rings is 2. The molecule has 0 amide bonds. The standard InChI is InChI=1S/C24H25NO7S/c1-5-31-18-11-14(7-9-16(18)26)12-20-22(27)21(24(28)32-6-2)23(33-20)25-15-8-10-17(29-3)19(13-15)30-4/h7-13,26-27H,5-6H2,1-4H3/b20-12+,25-23?. The monoisotopic (exact) mass is 471 g/mol. The largest absolute Gasteiger partial charge is 0.506 e. The van der Waals surface area contributed by atoms with E-state index in [0.29, 0.717) is 40.0 Å². The molecule has 0 bridgehead atoms. The summed E-state index contributed by atoms with van der Waals surface area (Å²) in [5, 5.41) is 21.1. The van der Waals surface area contributed by atoms with E-state index in [2.05, 4.69) is 4.99 Å². The van der Waals surface area contributed by atoms with E-state index in [9.17, 15) is 15.0 Å². The molecule has 0 aliphatic carbocycles. The summed E-state index contributed by atoms with van der Waals surface area (Å²) >= 11 is 1.13. The lowest BCUT2D eigenvalue weighted by Crippen LogP contribution is -2.12. The van der Waals surface area contributed by atoms with Gasteiger partial charge >= 0.3 is 5.97 Å². The molecule has 2 N–H and O–H groups in total. The van der Waals surface area contributed by atoms with Crippen LogP contribution in [-0.2, 0) is 9.53 Å². The fraction of sp³-hybridized carbons (Fsp3) is 0.250. The van der Waals surface area contributed by atoms with Gasteiger partial charge in [-0.3, -0.25) is 0 Å². The van der Waals surface area contributed by atoms with Crippen LogP contribution in [-0.4, -0.2) is 48.7 Å². The summed E-state index contributed by atoms with van der Waals surface area (Å²) in [5.74, 6) is 0.456. The molecule has 0 saturated heterocycles. The van der Waals surface area contributed by atoms with Crippen molar-refractivity contribution < 1.29 is 34.0 Å². The second kappa shape index (κ2) is 10.8. The summed E-state index contributed by atoms with van der Waals surface area (Å²) in [4.78, 5) is 17.6. The van der Waals surface area contributed by atoms with Gasteiger partial charge in [0.05, 0.1) is 38.0 Å². The third kappa shape index (κ3) is 5.43. The number of phenols is 1. The molecule has 9 heteroatoms. The number of phenolic OH excluding ortho intramolecular Hbond substituents is 1. The van der Waals surface area contributed by atoms with Crippen molar-refractivity contribution in [3.63, 3.8) is 0 Å². The molecule has 0 saturated carbocycles. The lowest BCUT2D eigenvalue weighted by Gasteiger charge is -2.08. The molecule has 1 aliphatic heterocycles. The Morgan fingerprint density at radius 2 is 1.76 bits per heavy atom. The highest BCUT2D eigenvalue weighted by molar-refractivity contribution is 8.18. The number of hydrogen-bond acceptors (Lipinski definition) is 9. The van der Waals surface area contributed by atoms with E-state index in [1.165, 1.54) is 20.3 Å². The Morgan fingerprint density at radius 1 is 1.00 bits per heavy atom. The molecule has 2 aromatic carbocycles. The first kappa shape index (κ1) is 24.1. The summed E-state index contributed by atoms with van der Waals surface area (Å²) in [6, 6.07) is 9.91. The average molecular weight is 472 g/mol. The quantitative estimate of drug-likeness (QED) is 0.518. The number of aliphatic imine (C=N–C) groups is 1. The Kier molecular flexibility index (Phi) is 7.89. The van der Waals surface area contributed by atoms with E-state index in [1.807, 2.05) is 6.92 Å². The summed E-state index contributed by atoms with van der Waals surface area (Å²) in [5.41, 5.74) is 1.15. The van der Waals surface area contributed by atoms with E-state index in [4.69, 9.17) is 18.9 Å². The van der Waals surface area contributed by atoms with E-state index >= 15 is 0 Å². The van der Waals surface area contributed by atoms with Gasteiger partial charge in [-0.15, -0.1) is 0 Å². The number of hydrogen-bond donors (Lipinski definition) is 2. The van der Waals surface area contributed by atoms with Gasteiger partial charge in [-0.2, -0.15) is 0 Å². The second-order valence-electron chi connectivity index (χ2n) is 6.67. The third-order valence-corrected chi connectivity index (χ3v) is 5.57. The van der Waals surface area contributed by atoms with Gasteiger partial charge in [-0.05, 0) is 49.8 Å². The fourth-order valence-electron chi connectivity index (χ4n) is 3.05. The number of aliphatic hydroxyl groups is 1. The Hall–Kier alpha value is -3.59. The first-order valence-corrected chi connectivity index (χ1v) is 11.0. The van der Waals surface area contributed by atoms with Crippen molar-refractivity contribution in [3.05, 3.63) is 58.2 Å². The van der Waals surface area contributed by atoms with Gasteiger partial charge in [-0.1, -0.05) is 17.8 Å². The number of thioether (sulfide) groups is 1. The molecule has 3 rings (SSSR count). The predicted octanol–water partition coefficient (Wildman–Crippen LogP) is 5.00. The highest BCUT2D eigenvalue weighted by Gasteiger charge is 2.33. The topological polar surface area (TPSA) is 107 Å².